The number of hydrogen-bond acceptors (Lipinski definition) is 3. The van der Waals surface area contributed by atoms with Crippen molar-refractivity contribution in [2.45, 2.75) is 45.9 Å². The number of rotatable bonds is 8. The summed E-state index contributed by atoms with van der Waals surface area (Å²) in [6.45, 7) is 2.10. The third kappa shape index (κ3) is 6.93. The summed E-state index contributed by atoms with van der Waals surface area (Å²) < 4.78 is 29.8. The Morgan fingerprint density at radius 1 is 1.06 bits per heavy atom. The monoisotopic (exact) mass is 444 g/mol. The van der Waals surface area contributed by atoms with Crippen molar-refractivity contribution in [3.63, 3.8) is 0 Å². The fourth-order valence-electron chi connectivity index (χ4n) is 3.58. The average molecular weight is 445 g/mol. The van der Waals surface area contributed by atoms with E-state index in [2.05, 4.69) is 20.4 Å². The van der Waals surface area contributed by atoms with Crippen molar-refractivity contribution in [3.8, 4) is 5.75 Å². The Morgan fingerprint density at radius 2 is 1.78 bits per heavy atom. The van der Waals surface area contributed by atoms with Crippen molar-refractivity contribution in [3.05, 3.63) is 65.2 Å². The molecule has 0 saturated carbocycles. The van der Waals surface area contributed by atoms with E-state index < -0.39 is 6.61 Å². The van der Waals surface area contributed by atoms with Gasteiger partial charge in [0.25, 0.3) is 5.91 Å². The maximum atomic E-state index is 12.6. The number of hydrogen-bond donors (Lipinski definition) is 2. The van der Waals surface area contributed by atoms with Crippen LogP contribution in [0.1, 0.15) is 47.7 Å². The van der Waals surface area contributed by atoms with Gasteiger partial charge in [-0.25, -0.2) is 4.99 Å². The molecule has 0 atom stereocenters. The molecule has 1 heterocycles. The Bertz CT molecular complexity index is 897. The van der Waals surface area contributed by atoms with Crippen molar-refractivity contribution in [1.82, 2.24) is 15.5 Å². The molecule has 172 valence electrons. The number of alkyl halides is 2. The predicted octanol–water partition coefficient (Wildman–Crippen LogP) is 4.17. The van der Waals surface area contributed by atoms with Crippen molar-refractivity contribution >= 4 is 11.9 Å². The van der Waals surface area contributed by atoms with Crippen molar-refractivity contribution in [2.24, 2.45) is 4.99 Å². The number of carbonyl (C=O) groups excluding carboxylic acids is 1. The molecule has 1 saturated heterocycles. The van der Waals surface area contributed by atoms with Crippen LogP contribution in [0, 0.1) is 0 Å². The minimum Gasteiger partial charge on any atom is -0.434 e. The normalized spacial score (nSPS) is 14.4. The first-order chi connectivity index (χ1) is 15.6. The molecule has 0 unspecified atom stereocenters. The molecule has 1 aliphatic heterocycles. The van der Waals surface area contributed by atoms with Gasteiger partial charge in [-0.3, -0.25) is 4.79 Å². The molecule has 32 heavy (non-hydrogen) atoms. The summed E-state index contributed by atoms with van der Waals surface area (Å²) in [5, 5.41) is 6.29. The number of aliphatic imine (C=N–C) groups is 1. The molecular weight excluding hydrogens is 414 g/mol. The van der Waals surface area contributed by atoms with E-state index in [0.29, 0.717) is 30.2 Å². The highest BCUT2D eigenvalue weighted by atomic mass is 19.3. The Kier molecular flexibility index (Phi) is 8.83. The van der Waals surface area contributed by atoms with Crippen LogP contribution in [0.25, 0.3) is 0 Å². The van der Waals surface area contributed by atoms with Crippen molar-refractivity contribution < 1.29 is 18.3 Å². The minimum atomic E-state index is -2.87. The summed E-state index contributed by atoms with van der Waals surface area (Å²) in [6, 6.07) is 14.2. The van der Waals surface area contributed by atoms with Gasteiger partial charge in [-0.15, -0.1) is 0 Å². The second-order valence-corrected chi connectivity index (χ2v) is 7.58. The zero-order valence-corrected chi connectivity index (χ0v) is 18.3. The molecule has 1 fully saturated rings. The number of amides is 1. The average Bonchev–Trinajstić information content (AvgIpc) is 2.82. The van der Waals surface area contributed by atoms with E-state index in [-0.39, 0.29) is 18.2 Å². The van der Waals surface area contributed by atoms with Gasteiger partial charge in [0.1, 0.15) is 5.75 Å². The van der Waals surface area contributed by atoms with Gasteiger partial charge < -0.3 is 20.3 Å². The van der Waals surface area contributed by atoms with E-state index in [9.17, 15) is 13.6 Å². The standard InChI is InChI=1S/C24H30F2N4O2/c1-2-27-24(29-17-20-8-4-5-9-21(20)32-23(25)26)28-16-18-10-12-19(13-11-18)22(31)30-14-6-3-7-15-30/h4-5,8-13,23H,2-3,6-7,14-17H2,1H3,(H2,27,28,29). The summed E-state index contributed by atoms with van der Waals surface area (Å²) in [5.41, 5.74) is 2.28. The SMILES string of the molecule is CCNC(=NCc1ccc(C(=O)N2CCCCC2)cc1)NCc1ccccc1OC(F)F. The summed E-state index contributed by atoms with van der Waals surface area (Å²) in [6.07, 6.45) is 3.32. The second kappa shape index (κ2) is 12.0. The number of para-hydroxylation sites is 1. The van der Waals surface area contributed by atoms with E-state index >= 15 is 0 Å². The van der Waals surface area contributed by atoms with Crippen LogP contribution in [0.15, 0.2) is 53.5 Å². The van der Waals surface area contributed by atoms with Crippen LogP contribution in [-0.4, -0.2) is 43.0 Å². The van der Waals surface area contributed by atoms with Gasteiger partial charge in [0.15, 0.2) is 5.96 Å². The van der Waals surface area contributed by atoms with Gasteiger partial charge in [-0.1, -0.05) is 30.3 Å². The highest BCUT2D eigenvalue weighted by Crippen LogP contribution is 2.20. The lowest BCUT2D eigenvalue weighted by Crippen LogP contribution is -2.36. The molecule has 0 radical (unpaired) electrons. The van der Waals surface area contributed by atoms with E-state index in [0.717, 1.165) is 31.5 Å². The van der Waals surface area contributed by atoms with Crippen LogP contribution < -0.4 is 15.4 Å². The molecule has 2 aromatic rings. The molecule has 2 N–H and O–H groups in total. The van der Waals surface area contributed by atoms with Gasteiger partial charge in [-0.05, 0) is 49.9 Å². The number of piperidine rings is 1. The van der Waals surface area contributed by atoms with Gasteiger partial charge in [-0.2, -0.15) is 8.78 Å². The highest BCUT2D eigenvalue weighted by molar-refractivity contribution is 5.94. The Balaban J connectivity index is 1.59. The lowest BCUT2D eigenvalue weighted by Gasteiger charge is -2.26. The minimum absolute atomic E-state index is 0.0828. The number of benzene rings is 2. The molecule has 0 aliphatic carbocycles. The van der Waals surface area contributed by atoms with Crippen LogP contribution in [-0.2, 0) is 13.1 Å². The number of halogens is 2. The predicted molar refractivity (Wildman–Crippen MR) is 121 cm³/mol. The largest absolute Gasteiger partial charge is 0.434 e. The quantitative estimate of drug-likeness (QED) is 0.474. The maximum absolute atomic E-state index is 12.6. The first kappa shape index (κ1) is 23.5. The third-order valence-corrected chi connectivity index (χ3v) is 5.24. The topological polar surface area (TPSA) is 66.0 Å². The van der Waals surface area contributed by atoms with Gasteiger partial charge in [0.05, 0.1) is 6.54 Å². The molecule has 2 aromatic carbocycles. The van der Waals surface area contributed by atoms with Gasteiger partial charge in [0.2, 0.25) is 0 Å². The zero-order valence-electron chi connectivity index (χ0n) is 18.3. The van der Waals surface area contributed by atoms with Crippen LogP contribution in [0.3, 0.4) is 0 Å². The second-order valence-electron chi connectivity index (χ2n) is 7.58. The molecule has 0 spiro atoms. The first-order valence-electron chi connectivity index (χ1n) is 11.0. The van der Waals surface area contributed by atoms with Crippen LogP contribution in [0.4, 0.5) is 8.78 Å². The summed E-state index contributed by atoms with van der Waals surface area (Å²) >= 11 is 0. The molecule has 3 rings (SSSR count). The Hall–Kier alpha value is -3.16. The molecular formula is C24H30F2N4O2. The smallest absolute Gasteiger partial charge is 0.387 e. The van der Waals surface area contributed by atoms with Crippen molar-refractivity contribution in [1.29, 1.82) is 0 Å². The van der Waals surface area contributed by atoms with Crippen molar-refractivity contribution in [2.75, 3.05) is 19.6 Å². The number of ether oxygens (including phenoxy) is 1. The summed E-state index contributed by atoms with van der Waals surface area (Å²) in [4.78, 5) is 19.1. The van der Waals surface area contributed by atoms with E-state index in [1.807, 2.05) is 36.1 Å². The summed E-state index contributed by atoms with van der Waals surface area (Å²) in [5.74, 6) is 0.784. The fraction of sp³-hybridized carbons (Fsp3) is 0.417. The van der Waals surface area contributed by atoms with Gasteiger partial charge in [0, 0.05) is 37.3 Å². The maximum Gasteiger partial charge on any atom is 0.387 e. The lowest BCUT2D eigenvalue weighted by molar-refractivity contribution is -0.0504. The summed E-state index contributed by atoms with van der Waals surface area (Å²) in [7, 11) is 0. The van der Waals surface area contributed by atoms with E-state index in [1.54, 1.807) is 18.2 Å². The van der Waals surface area contributed by atoms with Crippen LogP contribution in [0.5, 0.6) is 5.75 Å². The van der Waals surface area contributed by atoms with Crippen LogP contribution in [0.2, 0.25) is 0 Å². The fourth-order valence-corrected chi connectivity index (χ4v) is 3.58. The number of likely N-dealkylation sites (tertiary alicyclic amines) is 1. The van der Waals surface area contributed by atoms with E-state index in [1.165, 1.54) is 12.5 Å². The lowest BCUT2D eigenvalue weighted by atomic mass is 10.1. The Labute approximate surface area is 187 Å². The third-order valence-electron chi connectivity index (χ3n) is 5.24. The molecule has 0 bridgehead atoms. The highest BCUT2D eigenvalue weighted by Gasteiger charge is 2.17. The van der Waals surface area contributed by atoms with Crippen LogP contribution >= 0.6 is 0 Å². The van der Waals surface area contributed by atoms with E-state index in [4.69, 9.17) is 0 Å². The first-order valence-corrected chi connectivity index (χ1v) is 11.0. The molecule has 1 aliphatic rings. The number of nitrogens with one attached hydrogen (secondary N) is 2. The van der Waals surface area contributed by atoms with Gasteiger partial charge >= 0.3 is 6.61 Å². The number of carbonyl (C=O) groups is 1. The Morgan fingerprint density at radius 3 is 2.47 bits per heavy atom. The molecule has 6 nitrogen and oxygen atoms in total. The zero-order chi connectivity index (χ0) is 22.8. The molecule has 8 heteroatoms. The molecule has 1 amide bonds. The number of guanidine groups is 1. The number of nitrogens with zero attached hydrogens (tertiary/aromatic N) is 2. The molecule has 0 aromatic heterocycles.